The van der Waals surface area contributed by atoms with Gasteiger partial charge in [0.2, 0.25) is 18.6 Å². The summed E-state index contributed by atoms with van der Waals surface area (Å²) in [5.41, 5.74) is 4.57. The summed E-state index contributed by atoms with van der Waals surface area (Å²) in [6, 6.07) is 19.0. The fraction of sp³-hybridized carbons (Fsp3) is 0.174. The molecule has 1 aliphatic rings. The van der Waals surface area contributed by atoms with Gasteiger partial charge in [0.05, 0.1) is 12.8 Å². The Morgan fingerprint density at radius 1 is 0.967 bits per heavy atom. The Morgan fingerprint density at radius 3 is 2.67 bits per heavy atom. The quantitative estimate of drug-likeness (QED) is 0.486. The first-order chi connectivity index (χ1) is 14.6. The highest BCUT2D eigenvalue weighted by Crippen LogP contribution is 2.34. The van der Waals surface area contributed by atoms with Crippen molar-refractivity contribution >= 4 is 34.0 Å². The molecule has 0 bridgehead atoms. The fourth-order valence-corrected chi connectivity index (χ4v) is 3.27. The molecule has 0 atom stereocenters. The van der Waals surface area contributed by atoms with Crippen LogP contribution >= 0.6 is 0 Å². The Labute approximate surface area is 173 Å². The topological polar surface area (TPSA) is 89.0 Å². The molecule has 0 aliphatic carbocycles. The molecule has 0 unspecified atom stereocenters. The molecule has 1 aliphatic heterocycles. The van der Waals surface area contributed by atoms with Crippen LogP contribution in [0.4, 0.5) is 5.69 Å². The number of rotatable bonds is 6. The second kappa shape index (κ2) is 8.65. The molecule has 3 aromatic carbocycles. The first-order valence-electron chi connectivity index (χ1n) is 9.56. The lowest BCUT2D eigenvalue weighted by Crippen LogP contribution is -2.23. The van der Waals surface area contributed by atoms with Gasteiger partial charge in [0, 0.05) is 17.5 Å². The van der Waals surface area contributed by atoms with Crippen molar-refractivity contribution in [3.63, 3.8) is 0 Å². The van der Waals surface area contributed by atoms with E-state index in [-0.39, 0.29) is 31.4 Å². The number of anilines is 1. The van der Waals surface area contributed by atoms with Crippen LogP contribution in [0.5, 0.6) is 11.5 Å². The summed E-state index contributed by atoms with van der Waals surface area (Å²) in [6.45, 7) is 1.87. The van der Waals surface area contributed by atoms with E-state index in [4.69, 9.17) is 9.47 Å². The molecule has 0 saturated heterocycles. The lowest BCUT2D eigenvalue weighted by molar-refractivity contribution is -0.120. The number of nitrogens with one attached hydrogen (secondary N) is 2. The van der Waals surface area contributed by atoms with Gasteiger partial charge >= 0.3 is 0 Å². The predicted molar refractivity (Wildman–Crippen MR) is 115 cm³/mol. The van der Waals surface area contributed by atoms with E-state index in [2.05, 4.69) is 15.8 Å². The molecule has 0 fully saturated rings. The highest BCUT2D eigenvalue weighted by Gasteiger charge is 2.14. The van der Waals surface area contributed by atoms with E-state index in [9.17, 15) is 9.59 Å². The van der Waals surface area contributed by atoms with Crippen LogP contribution in [-0.2, 0) is 16.0 Å². The van der Waals surface area contributed by atoms with Crippen LogP contribution in [-0.4, -0.2) is 24.3 Å². The van der Waals surface area contributed by atoms with Crippen LogP contribution in [0.3, 0.4) is 0 Å². The molecule has 0 saturated carbocycles. The van der Waals surface area contributed by atoms with Crippen LogP contribution in [0.2, 0.25) is 0 Å². The minimum atomic E-state index is -0.238. The molecule has 152 valence electrons. The average Bonchev–Trinajstić information content (AvgIpc) is 3.20. The molecule has 0 spiro atoms. The number of hydrazone groups is 1. The van der Waals surface area contributed by atoms with Gasteiger partial charge in [-0.3, -0.25) is 9.59 Å². The van der Waals surface area contributed by atoms with E-state index in [1.54, 1.807) is 25.1 Å². The number of benzene rings is 3. The van der Waals surface area contributed by atoms with Crippen molar-refractivity contribution in [1.29, 1.82) is 0 Å². The maximum Gasteiger partial charge on any atom is 0.244 e. The lowest BCUT2D eigenvalue weighted by atomic mass is 10.0. The summed E-state index contributed by atoms with van der Waals surface area (Å²) >= 11 is 0. The number of nitrogens with zero attached hydrogens (tertiary/aromatic N) is 1. The zero-order valence-corrected chi connectivity index (χ0v) is 16.5. The number of carbonyl (C=O) groups is 2. The summed E-state index contributed by atoms with van der Waals surface area (Å²) in [6.07, 6.45) is 0.268. The van der Waals surface area contributed by atoms with Gasteiger partial charge in [-0.15, -0.1) is 0 Å². The van der Waals surface area contributed by atoms with Crippen molar-refractivity contribution in [1.82, 2.24) is 5.43 Å². The van der Waals surface area contributed by atoms with Crippen molar-refractivity contribution < 1.29 is 19.1 Å². The molecule has 0 radical (unpaired) electrons. The minimum absolute atomic E-state index is 0.0585. The zero-order valence-electron chi connectivity index (χ0n) is 16.5. The SMILES string of the molecule is C/C(CC(=O)Nc1ccc2c(c1)OCO2)=N/NC(=O)Cc1cccc2ccccc12. The summed E-state index contributed by atoms with van der Waals surface area (Å²) in [7, 11) is 0. The third-order valence-corrected chi connectivity index (χ3v) is 4.68. The molecule has 4 rings (SSSR count). The van der Waals surface area contributed by atoms with Crippen molar-refractivity contribution in [2.24, 2.45) is 5.10 Å². The highest BCUT2D eigenvalue weighted by molar-refractivity contribution is 6.05. The van der Waals surface area contributed by atoms with E-state index in [1.807, 2.05) is 42.5 Å². The van der Waals surface area contributed by atoms with Crippen LogP contribution in [0.25, 0.3) is 10.8 Å². The average molecular weight is 403 g/mol. The standard InChI is InChI=1S/C23H21N3O4/c1-15(11-22(27)24-18-9-10-20-21(13-18)30-14-29-20)25-26-23(28)12-17-7-4-6-16-5-2-3-8-19(16)17/h2-10,13H,11-12,14H2,1H3,(H,24,27)(H,26,28)/b25-15-. The Morgan fingerprint density at radius 2 is 1.77 bits per heavy atom. The van der Waals surface area contributed by atoms with Crippen LogP contribution in [0.1, 0.15) is 18.9 Å². The number of amides is 2. The largest absolute Gasteiger partial charge is 0.454 e. The Balaban J connectivity index is 1.31. The second-order valence-corrected chi connectivity index (χ2v) is 6.99. The summed E-state index contributed by atoms with van der Waals surface area (Å²) < 4.78 is 10.5. The fourth-order valence-electron chi connectivity index (χ4n) is 3.27. The molecule has 2 N–H and O–H groups in total. The molecule has 3 aromatic rings. The van der Waals surface area contributed by atoms with Gasteiger partial charge in [0.15, 0.2) is 11.5 Å². The van der Waals surface area contributed by atoms with Crippen LogP contribution < -0.4 is 20.2 Å². The Bertz CT molecular complexity index is 1140. The van der Waals surface area contributed by atoms with Crippen molar-refractivity contribution in [3.05, 3.63) is 66.2 Å². The van der Waals surface area contributed by atoms with E-state index in [0.717, 1.165) is 16.3 Å². The van der Waals surface area contributed by atoms with Crippen molar-refractivity contribution in [2.75, 3.05) is 12.1 Å². The lowest BCUT2D eigenvalue weighted by Gasteiger charge is -2.07. The van der Waals surface area contributed by atoms with E-state index < -0.39 is 0 Å². The predicted octanol–water partition coefficient (Wildman–Crippen LogP) is 3.63. The van der Waals surface area contributed by atoms with Gasteiger partial charge < -0.3 is 14.8 Å². The first-order valence-corrected chi connectivity index (χ1v) is 9.56. The Kier molecular flexibility index (Phi) is 5.61. The molecule has 0 aromatic heterocycles. The number of carbonyl (C=O) groups excluding carboxylic acids is 2. The smallest absolute Gasteiger partial charge is 0.244 e. The van der Waals surface area contributed by atoms with Crippen LogP contribution in [0.15, 0.2) is 65.8 Å². The molecule has 2 amide bonds. The normalized spacial score (nSPS) is 12.6. The van der Waals surface area contributed by atoms with Gasteiger partial charge in [0.1, 0.15) is 0 Å². The number of hydrogen-bond acceptors (Lipinski definition) is 5. The molecule has 7 nitrogen and oxygen atoms in total. The second-order valence-electron chi connectivity index (χ2n) is 6.99. The van der Waals surface area contributed by atoms with Gasteiger partial charge in [-0.2, -0.15) is 5.10 Å². The van der Waals surface area contributed by atoms with Gasteiger partial charge in [-0.05, 0) is 35.4 Å². The third-order valence-electron chi connectivity index (χ3n) is 4.68. The van der Waals surface area contributed by atoms with E-state index >= 15 is 0 Å². The molecular weight excluding hydrogens is 382 g/mol. The number of ether oxygens (including phenoxy) is 2. The summed E-state index contributed by atoms with van der Waals surface area (Å²) in [5.74, 6) is 0.777. The monoisotopic (exact) mass is 403 g/mol. The maximum atomic E-state index is 12.3. The third kappa shape index (κ3) is 4.57. The highest BCUT2D eigenvalue weighted by atomic mass is 16.7. The summed E-state index contributed by atoms with van der Waals surface area (Å²) in [4.78, 5) is 24.5. The Hall–Kier alpha value is -3.87. The molecule has 7 heteroatoms. The number of hydrogen-bond donors (Lipinski definition) is 2. The zero-order chi connectivity index (χ0) is 20.9. The minimum Gasteiger partial charge on any atom is -0.454 e. The first kappa shape index (κ1) is 19.4. The van der Waals surface area contributed by atoms with Gasteiger partial charge in [0.25, 0.3) is 0 Å². The van der Waals surface area contributed by atoms with Gasteiger partial charge in [-0.25, -0.2) is 5.43 Å². The molecular formula is C23H21N3O4. The van der Waals surface area contributed by atoms with E-state index in [0.29, 0.717) is 22.9 Å². The van der Waals surface area contributed by atoms with Crippen molar-refractivity contribution in [3.8, 4) is 11.5 Å². The van der Waals surface area contributed by atoms with Crippen LogP contribution in [0, 0.1) is 0 Å². The van der Waals surface area contributed by atoms with Gasteiger partial charge in [-0.1, -0.05) is 42.5 Å². The van der Waals surface area contributed by atoms with E-state index in [1.165, 1.54) is 0 Å². The molecule has 1 heterocycles. The summed E-state index contributed by atoms with van der Waals surface area (Å²) in [5, 5.41) is 8.96. The maximum absolute atomic E-state index is 12.3. The van der Waals surface area contributed by atoms with Crippen molar-refractivity contribution in [2.45, 2.75) is 19.8 Å². The molecule has 30 heavy (non-hydrogen) atoms. The number of fused-ring (bicyclic) bond motifs is 2.